The van der Waals surface area contributed by atoms with E-state index in [1.165, 1.54) is 24.1 Å². The lowest BCUT2D eigenvalue weighted by Crippen LogP contribution is -2.36. The monoisotopic (exact) mass is 498 g/mol. The van der Waals surface area contributed by atoms with Gasteiger partial charge in [0.25, 0.3) is 5.91 Å². The predicted octanol–water partition coefficient (Wildman–Crippen LogP) is 4.78. The molecule has 0 aromatic heterocycles. The molecule has 36 heavy (non-hydrogen) atoms. The van der Waals surface area contributed by atoms with Crippen LogP contribution >= 0.6 is 0 Å². The Kier molecular flexibility index (Phi) is 8.44. The molecular weight excluding hydrogens is 473 g/mol. The van der Waals surface area contributed by atoms with Crippen molar-refractivity contribution in [1.82, 2.24) is 4.90 Å². The zero-order valence-electron chi connectivity index (χ0n) is 19.6. The number of benzene rings is 3. The minimum Gasteiger partial charge on any atom is -0.324 e. The van der Waals surface area contributed by atoms with Gasteiger partial charge in [-0.3, -0.25) is 19.3 Å². The van der Waals surface area contributed by atoms with Crippen LogP contribution in [-0.2, 0) is 15.8 Å². The predicted molar refractivity (Wildman–Crippen MR) is 132 cm³/mol. The molecule has 0 fully saturated rings. The van der Waals surface area contributed by atoms with Gasteiger partial charge in [0.15, 0.2) is 0 Å². The number of amides is 3. The van der Waals surface area contributed by atoms with Crippen molar-refractivity contribution in [2.75, 3.05) is 36.1 Å². The SMILES string of the molecule is Cc1cccc(NC(=O)c2ccccc2NC(=O)CN(C)CC(=O)Nc2ccccc2C(F)(F)F)c1. The van der Waals surface area contributed by atoms with Gasteiger partial charge in [-0.2, -0.15) is 13.2 Å². The van der Waals surface area contributed by atoms with Crippen molar-refractivity contribution in [1.29, 1.82) is 0 Å². The lowest BCUT2D eigenvalue weighted by atomic mass is 10.1. The number of likely N-dealkylation sites (N-methyl/N-ethyl adjacent to an activating group) is 1. The number of anilines is 3. The molecule has 3 rings (SSSR count). The fourth-order valence-electron chi connectivity index (χ4n) is 3.48. The van der Waals surface area contributed by atoms with Gasteiger partial charge in [-0.05, 0) is 55.9 Å². The van der Waals surface area contributed by atoms with Gasteiger partial charge in [0, 0.05) is 5.69 Å². The highest BCUT2D eigenvalue weighted by Crippen LogP contribution is 2.34. The molecule has 0 aliphatic rings. The molecule has 0 atom stereocenters. The van der Waals surface area contributed by atoms with Gasteiger partial charge in [-0.25, -0.2) is 0 Å². The number of nitrogens with one attached hydrogen (secondary N) is 3. The van der Waals surface area contributed by atoms with Crippen LogP contribution in [0.25, 0.3) is 0 Å². The number of hydrogen-bond donors (Lipinski definition) is 3. The summed E-state index contributed by atoms with van der Waals surface area (Å²) < 4.78 is 39.4. The fourth-order valence-corrected chi connectivity index (χ4v) is 3.48. The van der Waals surface area contributed by atoms with Crippen LogP contribution in [0.1, 0.15) is 21.5 Å². The Balaban J connectivity index is 1.58. The number of nitrogens with zero attached hydrogens (tertiary/aromatic N) is 1. The highest BCUT2D eigenvalue weighted by Gasteiger charge is 2.33. The number of rotatable bonds is 8. The van der Waals surface area contributed by atoms with Crippen molar-refractivity contribution in [3.05, 3.63) is 89.5 Å². The van der Waals surface area contributed by atoms with E-state index in [9.17, 15) is 27.6 Å². The zero-order chi connectivity index (χ0) is 26.3. The van der Waals surface area contributed by atoms with Crippen molar-refractivity contribution in [3.8, 4) is 0 Å². The minimum atomic E-state index is -4.62. The van der Waals surface area contributed by atoms with Crippen LogP contribution in [0.2, 0.25) is 0 Å². The molecule has 0 aliphatic carbocycles. The topological polar surface area (TPSA) is 90.5 Å². The Morgan fingerprint density at radius 3 is 2.00 bits per heavy atom. The molecule has 0 saturated carbocycles. The Morgan fingerprint density at radius 1 is 0.778 bits per heavy atom. The van der Waals surface area contributed by atoms with E-state index >= 15 is 0 Å². The third-order valence-corrected chi connectivity index (χ3v) is 5.06. The second-order valence-corrected chi connectivity index (χ2v) is 8.18. The minimum absolute atomic E-state index is 0.234. The third kappa shape index (κ3) is 7.41. The zero-order valence-corrected chi connectivity index (χ0v) is 19.6. The maximum atomic E-state index is 13.1. The molecule has 188 valence electrons. The van der Waals surface area contributed by atoms with Gasteiger partial charge in [-0.1, -0.05) is 36.4 Å². The normalized spacial score (nSPS) is 11.2. The quantitative estimate of drug-likeness (QED) is 0.417. The summed E-state index contributed by atoms with van der Waals surface area (Å²) in [7, 11) is 1.48. The Bertz CT molecular complexity index is 1260. The van der Waals surface area contributed by atoms with Crippen LogP contribution in [0.4, 0.5) is 30.2 Å². The third-order valence-electron chi connectivity index (χ3n) is 5.06. The number of alkyl halides is 3. The van der Waals surface area contributed by atoms with E-state index in [0.717, 1.165) is 17.7 Å². The van der Waals surface area contributed by atoms with E-state index in [-0.39, 0.29) is 30.0 Å². The van der Waals surface area contributed by atoms with Crippen molar-refractivity contribution in [2.24, 2.45) is 0 Å². The first-order valence-electron chi connectivity index (χ1n) is 10.9. The van der Waals surface area contributed by atoms with Crippen LogP contribution in [0, 0.1) is 6.92 Å². The number of carbonyl (C=O) groups excluding carboxylic acids is 3. The maximum Gasteiger partial charge on any atom is 0.418 e. The van der Waals surface area contributed by atoms with E-state index in [0.29, 0.717) is 5.69 Å². The van der Waals surface area contributed by atoms with E-state index in [2.05, 4.69) is 16.0 Å². The van der Waals surface area contributed by atoms with E-state index in [1.807, 2.05) is 25.1 Å². The van der Waals surface area contributed by atoms with Crippen molar-refractivity contribution >= 4 is 34.8 Å². The largest absolute Gasteiger partial charge is 0.418 e. The Hall–Kier alpha value is -4.18. The summed E-state index contributed by atoms with van der Waals surface area (Å²) in [5.74, 6) is -1.62. The second kappa shape index (κ2) is 11.5. The molecule has 0 unspecified atom stereocenters. The highest BCUT2D eigenvalue weighted by atomic mass is 19.4. The summed E-state index contributed by atoms with van der Waals surface area (Å²) in [6.07, 6.45) is -4.62. The van der Waals surface area contributed by atoms with Crippen LogP contribution in [0.5, 0.6) is 0 Å². The van der Waals surface area contributed by atoms with Crippen LogP contribution in [0.15, 0.2) is 72.8 Å². The average molecular weight is 499 g/mol. The Labute approximate surface area is 206 Å². The summed E-state index contributed by atoms with van der Waals surface area (Å²) in [6, 6.07) is 18.4. The van der Waals surface area contributed by atoms with Crippen LogP contribution in [0.3, 0.4) is 0 Å². The molecule has 0 saturated heterocycles. The lowest BCUT2D eigenvalue weighted by Gasteiger charge is -2.18. The van der Waals surface area contributed by atoms with Crippen molar-refractivity contribution in [2.45, 2.75) is 13.1 Å². The maximum absolute atomic E-state index is 13.1. The van der Waals surface area contributed by atoms with Gasteiger partial charge >= 0.3 is 6.18 Å². The van der Waals surface area contributed by atoms with E-state index in [1.54, 1.807) is 30.3 Å². The van der Waals surface area contributed by atoms with Gasteiger partial charge < -0.3 is 16.0 Å². The molecule has 3 amide bonds. The summed E-state index contributed by atoms with van der Waals surface area (Å²) in [5, 5.41) is 7.67. The van der Waals surface area contributed by atoms with Gasteiger partial charge in [-0.15, -0.1) is 0 Å². The average Bonchev–Trinajstić information content (AvgIpc) is 2.78. The smallest absolute Gasteiger partial charge is 0.324 e. The summed E-state index contributed by atoms with van der Waals surface area (Å²) in [6.45, 7) is 1.34. The summed E-state index contributed by atoms with van der Waals surface area (Å²) in [4.78, 5) is 38.9. The number of aryl methyl sites for hydroxylation is 1. The Morgan fingerprint density at radius 2 is 1.36 bits per heavy atom. The molecule has 3 N–H and O–H groups in total. The number of para-hydroxylation sites is 2. The molecule has 0 aliphatic heterocycles. The first-order chi connectivity index (χ1) is 17.0. The molecule has 0 bridgehead atoms. The van der Waals surface area contributed by atoms with Crippen LogP contribution in [-0.4, -0.2) is 42.8 Å². The van der Waals surface area contributed by atoms with Gasteiger partial charge in [0.1, 0.15) is 0 Å². The molecule has 7 nitrogen and oxygen atoms in total. The lowest BCUT2D eigenvalue weighted by molar-refractivity contribution is -0.137. The highest BCUT2D eigenvalue weighted by molar-refractivity contribution is 6.10. The van der Waals surface area contributed by atoms with Gasteiger partial charge in [0.05, 0.1) is 35.6 Å². The van der Waals surface area contributed by atoms with Crippen molar-refractivity contribution < 1.29 is 27.6 Å². The molecule has 0 radical (unpaired) electrons. The van der Waals surface area contributed by atoms with Crippen LogP contribution < -0.4 is 16.0 Å². The summed E-state index contributed by atoms with van der Waals surface area (Å²) >= 11 is 0. The molecule has 0 heterocycles. The second-order valence-electron chi connectivity index (χ2n) is 8.18. The molecule has 0 spiro atoms. The molecule has 3 aromatic carbocycles. The summed E-state index contributed by atoms with van der Waals surface area (Å²) in [5.41, 5.74) is 0.796. The number of carbonyl (C=O) groups is 3. The first kappa shape index (κ1) is 26.4. The van der Waals surface area contributed by atoms with E-state index < -0.39 is 29.5 Å². The first-order valence-corrected chi connectivity index (χ1v) is 10.9. The number of hydrogen-bond acceptors (Lipinski definition) is 4. The molecular formula is C26H25F3N4O3. The number of halogens is 3. The molecule has 3 aromatic rings. The van der Waals surface area contributed by atoms with E-state index in [4.69, 9.17) is 0 Å². The molecule has 10 heteroatoms. The fraction of sp³-hybridized carbons (Fsp3) is 0.192. The standard InChI is InChI=1S/C26H25F3N4O3/c1-17-8-7-9-18(14-17)30-25(36)19-10-3-5-12-21(19)31-23(34)15-33(2)16-24(35)32-22-13-6-4-11-20(22)26(27,28)29/h3-14H,15-16H2,1-2H3,(H,30,36)(H,31,34)(H,32,35). The van der Waals surface area contributed by atoms with Gasteiger partial charge in [0.2, 0.25) is 11.8 Å². The van der Waals surface area contributed by atoms with Crippen molar-refractivity contribution in [3.63, 3.8) is 0 Å².